The number of ether oxygens (including phenoxy) is 1. The van der Waals surface area contributed by atoms with Gasteiger partial charge < -0.3 is 9.30 Å². The van der Waals surface area contributed by atoms with Gasteiger partial charge >= 0.3 is 5.97 Å². The van der Waals surface area contributed by atoms with Gasteiger partial charge in [-0.1, -0.05) is 30.3 Å². The molecule has 2 aromatic heterocycles. The number of aryl methyl sites for hydroxylation is 2. The lowest BCUT2D eigenvalue weighted by Gasteiger charge is -2.10. The number of hydrogen-bond donors (Lipinski definition) is 0. The fourth-order valence-corrected chi connectivity index (χ4v) is 3.94. The molecule has 0 radical (unpaired) electrons. The van der Waals surface area contributed by atoms with Crippen LogP contribution in [-0.4, -0.2) is 20.5 Å². The maximum atomic E-state index is 12.5. The molecule has 0 spiro atoms. The molecule has 0 aliphatic carbocycles. The smallest absolute Gasteiger partial charge is 0.338 e. The molecule has 0 atom stereocenters. The molecule has 146 valence electrons. The highest BCUT2D eigenvalue weighted by molar-refractivity contribution is 7.13. The Morgan fingerprint density at radius 3 is 2.69 bits per heavy atom. The van der Waals surface area contributed by atoms with Crippen molar-refractivity contribution in [3.05, 3.63) is 81.2 Å². The number of nitrogens with zero attached hydrogens (tertiary/aromatic N) is 3. The van der Waals surface area contributed by atoms with Crippen molar-refractivity contribution >= 4 is 28.3 Å². The molecule has 0 unspecified atom stereocenters. The topological polar surface area (TPSA) is 74.1 Å². The van der Waals surface area contributed by atoms with Gasteiger partial charge in [0.2, 0.25) is 0 Å². The third-order valence-electron chi connectivity index (χ3n) is 4.58. The minimum Gasteiger partial charge on any atom is -0.456 e. The summed E-state index contributed by atoms with van der Waals surface area (Å²) in [6.45, 7) is 4.21. The maximum Gasteiger partial charge on any atom is 0.338 e. The average Bonchev–Trinajstić information content (AvgIpc) is 3.22. The molecule has 29 heavy (non-hydrogen) atoms. The van der Waals surface area contributed by atoms with Crippen molar-refractivity contribution in [3.63, 3.8) is 0 Å². The number of fused-ring (bicyclic) bond motifs is 1. The highest BCUT2D eigenvalue weighted by Crippen LogP contribution is 2.24. The van der Waals surface area contributed by atoms with Crippen LogP contribution >= 0.6 is 11.3 Å². The first kappa shape index (κ1) is 19.0. The summed E-state index contributed by atoms with van der Waals surface area (Å²) < 4.78 is 7.08. The first-order chi connectivity index (χ1) is 14.1. The fourth-order valence-electron chi connectivity index (χ4n) is 3.12. The predicted molar refractivity (Wildman–Crippen MR) is 113 cm³/mol. The van der Waals surface area contributed by atoms with Crippen LogP contribution in [-0.2, 0) is 17.9 Å². The highest BCUT2D eigenvalue weighted by Gasteiger charge is 2.13. The normalized spacial score (nSPS) is 11.0. The average molecular weight is 405 g/mol. The van der Waals surface area contributed by atoms with Gasteiger partial charge in [0.1, 0.15) is 17.3 Å². The zero-order chi connectivity index (χ0) is 20.4. The Labute approximate surface area is 171 Å². The van der Waals surface area contributed by atoms with Gasteiger partial charge in [-0.15, -0.1) is 11.3 Å². The first-order valence-corrected chi connectivity index (χ1v) is 10.1. The highest BCUT2D eigenvalue weighted by atomic mass is 32.1. The Kier molecular flexibility index (Phi) is 5.22. The van der Waals surface area contributed by atoms with Crippen LogP contribution in [0, 0.1) is 6.92 Å². The number of thiazole rings is 1. The van der Waals surface area contributed by atoms with Gasteiger partial charge in [0.15, 0.2) is 0 Å². The molecule has 0 aliphatic heterocycles. The molecule has 2 heterocycles. The molecule has 0 bridgehead atoms. The van der Waals surface area contributed by atoms with Crippen LogP contribution in [0.15, 0.2) is 58.7 Å². The van der Waals surface area contributed by atoms with E-state index < -0.39 is 5.97 Å². The zero-order valence-corrected chi connectivity index (χ0v) is 16.9. The number of rotatable bonds is 5. The number of hydrogen-bond acceptors (Lipinski definition) is 6. The van der Waals surface area contributed by atoms with Crippen molar-refractivity contribution in [1.29, 1.82) is 0 Å². The van der Waals surface area contributed by atoms with E-state index >= 15 is 0 Å². The van der Waals surface area contributed by atoms with E-state index in [1.54, 1.807) is 29.7 Å². The summed E-state index contributed by atoms with van der Waals surface area (Å²) in [6.07, 6.45) is 0. The Morgan fingerprint density at radius 1 is 1.14 bits per heavy atom. The van der Waals surface area contributed by atoms with Gasteiger partial charge in [-0.25, -0.2) is 14.8 Å². The largest absolute Gasteiger partial charge is 0.456 e. The van der Waals surface area contributed by atoms with E-state index in [1.165, 1.54) is 11.3 Å². The second-order valence-electron chi connectivity index (χ2n) is 6.54. The summed E-state index contributed by atoms with van der Waals surface area (Å²) in [6, 6.07) is 14.9. The van der Waals surface area contributed by atoms with Crippen molar-refractivity contribution in [1.82, 2.24) is 14.5 Å². The Morgan fingerprint density at radius 2 is 1.93 bits per heavy atom. The molecule has 4 aromatic rings. The minimum absolute atomic E-state index is 0.0983. The van der Waals surface area contributed by atoms with E-state index in [0.29, 0.717) is 34.5 Å². The van der Waals surface area contributed by atoms with Crippen LogP contribution in [0.1, 0.15) is 28.7 Å². The summed E-state index contributed by atoms with van der Waals surface area (Å²) in [5.41, 5.74) is 3.72. The predicted octanol–water partition coefficient (Wildman–Crippen LogP) is 4.21. The molecule has 0 aliphatic rings. The lowest BCUT2D eigenvalue weighted by molar-refractivity contribution is 0.0468. The number of benzene rings is 2. The van der Waals surface area contributed by atoms with Crippen molar-refractivity contribution in [2.45, 2.75) is 27.0 Å². The Hall–Kier alpha value is -3.32. The van der Waals surface area contributed by atoms with Gasteiger partial charge in [0, 0.05) is 17.5 Å². The van der Waals surface area contributed by atoms with Crippen LogP contribution in [0.5, 0.6) is 0 Å². The monoisotopic (exact) mass is 405 g/mol. The molecular weight excluding hydrogens is 386 g/mol. The molecule has 0 amide bonds. The summed E-state index contributed by atoms with van der Waals surface area (Å²) >= 11 is 1.51. The fraction of sp³-hybridized carbons (Fsp3) is 0.182. The third kappa shape index (κ3) is 3.82. The zero-order valence-electron chi connectivity index (χ0n) is 16.1. The van der Waals surface area contributed by atoms with Gasteiger partial charge in [0.25, 0.3) is 5.56 Å². The van der Waals surface area contributed by atoms with Crippen molar-refractivity contribution in [2.24, 2.45) is 0 Å². The second kappa shape index (κ2) is 7.97. The van der Waals surface area contributed by atoms with E-state index in [9.17, 15) is 9.59 Å². The van der Waals surface area contributed by atoms with Crippen LogP contribution in [0.4, 0.5) is 0 Å². The van der Waals surface area contributed by atoms with E-state index in [2.05, 4.69) is 9.97 Å². The van der Waals surface area contributed by atoms with Gasteiger partial charge in [-0.3, -0.25) is 4.79 Å². The number of carbonyl (C=O) groups excluding carboxylic acids is 1. The molecule has 6 nitrogen and oxygen atoms in total. The van der Waals surface area contributed by atoms with Crippen LogP contribution in [0.3, 0.4) is 0 Å². The summed E-state index contributed by atoms with van der Waals surface area (Å²) in [5.74, 6) is -0.449. The number of carbonyl (C=O) groups is 1. The molecule has 2 aromatic carbocycles. The van der Waals surface area contributed by atoms with Gasteiger partial charge in [0.05, 0.1) is 22.3 Å². The lowest BCUT2D eigenvalue weighted by Crippen LogP contribution is -2.23. The second-order valence-corrected chi connectivity index (χ2v) is 7.39. The van der Waals surface area contributed by atoms with Gasteiger partial charge in [-0.2, -0.15) is 0 Å². The molecule has 4 rings (SSSR count). The van der Waals surface area contributed by atoms with Crippen molar-refractivity contribution in [3.8, 4) is 10.6 Å². The quantitative estimate of drug-likeness (QED) is 0.465. The number of aromatic nitrogens is 3. The Balaban J connectivity index is 1.52. The van der Waals surface area contributed by atoms with Crippen LogP contribution in [0.25, 0.3) is 21.6 Å². The summed E-state index contributed by atoms with van der Waals surface area (Å²) in [5, 5.41) is 2.78. The molecule has 0 fully saturated rings. The number of esters is 1. The first-order valence-electron chi connectivity index (χ1n) is 9.25. The van der Waals surface area contributed by atoms with Crippen molar-refractivity contribution in [2.75, 3.05) is 0 Å². The van der Waals surface area contributed by atoms with E-state index in [4.69, 9.17) is 4.74 Å². The molecule has 0 saturated heterocycles. The standard InChI is InChI=1S/C22H19N3O3S/c1-3-25-19-10-9-16(11-18(19)23-14(2)21(25)26)22(27)28-12-17-13-29-20(24-17)15-7-5-4-6-8-15/h4-11,13H,3,12H2,1-2H3. The van der Waals surface area contributed by atoms with Crippen LogP contribution < -0.4 is 5.56 Å². The molecule has 7 heteroatoms. The van der Waals surface area contributed by atoms with Crippen molar-refractivity contribution < 1.29 is 9.53 Å². The Bertz CT molecular complexity index is 1250. The van der Waals surface area contributed by atoms with E-state index in [0.717, 1.165) is 10.6 Å². The SMILES string of the molecule is CCn1c(=O)c(C)nc2cc(C(=O)OCc3csc(-c4ccccc4)n3)ccc21. The third-order valence-corrected chi connectivity index (χ3v) is 5.52. The maximum absolute atomic E-state index is 12.5. The van der Waals surface area contributed by atoms with E-state index in [-0.39, 0.29) is 12.2 Å². The molecular formula is C22H19N3O3S. The van der Waals surface area contributed by atoms with Crippen LogP contribution in [0.2, 0.25) is 0 Å². The molecule has 0 N–H and O–H groups in total. The summed E-state index contributed by atoms with van der Waals surface area (Å²) in [7, 11) is 0. The minimum atomic E-state index is -0.449. The van der Waals surface area contributed by atoms with Gasteiger partial charge in [-0.05, 0) is 32.0 Å². The van der Waals surface area contributed by atoms with E-state index in [1.807, 2.05) is 42.6 Å². The summed E-state index contributed by atoms with van der Waals surface area (Å²) in [4.78, 5) is 33.6. The lowest BCUT2D eigenvalue weighted by atomic mass is 10.2. The molecule has 0 saturated carbocycles.